The third kappa shape index (κ3) is 4.77. The van der Waals surface area contributed by atoms with Gasteiger partial charge in [-0.2, -0.15) is 0 Å². The number of aryl methyl sites for hydroxylation is 2. The zero-order chi connectivity index (χ0) is 15.3. The van der Waals surface area contributed by atoms with Crippen LogP contribution >= 0.6 is 0 Å². The summed E-state index contributed by atoms with van der Waals surface area (Å²) in [6.07, 6.45) is 0. The SMILES string of the molecule is Cc1cc(N)cc(C)c1S(=O)(=O)NCCOCC(C)C. The molecule has 0 aromatic heterocycles. The molecule has 5 nitrogen and oxygen atoms in total. The van der Waals surface area contributed by atoms with E-state index in [0.717, 1.165) is 0 Å². The molecule has 20 heavy (non-hydrogen) atoms. The second kappa shape index (κ2) is 7.06. The minimum absolute atomic E-state index is 0.262. The Morgan fingerprint density at radius 1 is 1.25 bits per heavy atom. The van der Waals surface area contributed by atoms with Crippen molar-refractivity contribution in [3.8, 4) is 0 Å². The lowest BCUT2D eigenvalue weighted by Gasteiger charge is -2.13. The smallest absolute Gasteiger partial charge is 0.241 e. The van der Waals surface area contributed by atoms with Crippen LogP contribution in [-0.4, -0.2) is 28.2 Å². The molecule has 0 spiro atoms. The molecule has 0 aliphatic rings. The van der Waals surface area contributed by atoms with Gasteiger partial charge < -0.3 is 10.5 Å². The molecule has 0 radical (unpaired) electrons. The number of ether oxygens (including phenoxy) is 1. The van der Waals surface area contributed by atoms with Crippen LogP contribution in [0.2, 0.25) is 0 Å². The van der Waals surface area contributed by atoms with Crippen molar-refractivity contribution in [2.75, 3.05) is 25.5 Å². The third-order valence-corrected chi connectivity index (χ3v) is 4.51. The molecule has 0 aliphatic carbocycles. The molecule has 0 saturated carbocycles. The van der Waals surface area contributed by atoms with E-state index in [4.69, 9.17) is 10.5 Å². The van der Waals surface area contributed by atoms with E-state index in [2.05, 4.69) is 4.72 Å². The molecule has 114 valence electrons. The molecule has 0 saturated heterocycles. The Kier molecular flexibility index (Phi) is 5.98. The largest absolute Gasteiger partial charge is 0.399 e. The number of nitrogens with two attached hydrogens (primary N) is 1. The van der Waals surface area contributed by atoms with Crippen LogP contribution in [0.1, 0.15) is 25.0 Å². The summed E-state index contributed by atoms with van der Waals surface area (Å²) in [7, 11) is -3.52. The number of hydrogen-bond donors (Lipinski definition) is 2. The summed E-state index contributed by atoms with van der Waals surface area (Å²) in [5.41, 5.74) is 7.58. The van der Waals surface area contributed by atoms with Gasteiger partial charge >= 0.3 is 0 Å². The van der Waals surface area contributed by atoms with Crippen molar-refractivity contribution in [2.45, 2.75) is 32.6 Å². The highest BCUT2D eigenvalue weighted by atomic mass is 32.2. The minimum atomic E-state index is -3.52. The minimum Gasteiger partial charge on any atom is -0.399 e. The summed E-state index contributed by atoms with van der Waals surface area (Å²) < 4.78 is 32.5. The van der Waals surface area contributed by atoms with Gasteiger partial charge in [-0.05, 0) is 43.0 Å². The fraction of sp³-hybridized carbons (Fsp3) is 0.571. The van der Waals surface area contributed by atoms with Gasteiger partial charge in [0.15, 0.2) is 0 Å². The molecule has 0 fully saturated rings. The first kappa shape index (κ1) is 16.9. The average molecular weight is 300 g/mol. The van der Waals surface area contributed by atoms with Gasteiger partial charge in [-0.25, -0.2) is 13.1 Å². The number of anilines is 1. The number of sulfonamides is 1. The summed E-state index contributed by atoms with van der Waals surface area (Å²) in [6.45, 7) is 8.83. The van der Waals surface area contributed by atoms with E-state index in [1.54, 1.807) is 26.0 Å². The van der Waals surface area contributed by atoms with Crippen molar-refractivity contribution in [3.63, 3.8) is 0 Å². The molecule has 0 unspecified atom stereocenters. The lowest BCUT2D eigenvalue weighted by atomic mass is 10.1. The monoisotopic (exact) mass is 300 g/mol. The maximum absolute atomic E-state index is 12.3. The van der Waals surface area contributed by atoms with Crippen LogP contribution in [0.25, 0.3) is 0 Å². The van der Waals surface area contributed by atoms with Crippen molar-refractivity contribution < 1.29 is 13.2 Å². The van der Waals surface area contributed by atoms with E-state index >= 15 is 0 Å². The molecule has 0 bridgehead atoms. The van der Waals surface area contributed by atoms with E-state index in [1.807, 2.05) is 13.8 Å². The Morgan fingerprint density at radius 2 is 1.80 bits per heavy atom. The molecular weight excluding hydrogens is 276 g/mol. The summed E-state index contributed by atoms with van der Waals surface area (Å²) in [4.78, 5) is 0.301. The predicted molar refractivity (Wildman–Crippen MR) is 81.2 cm³/mol. The first-order valence-electron chi connectivity index (χ1n) is 6.68. The number of rotatable bonds is 7. The van der Waals surface area contributed by atoms with Gasteiger partial charge in [-0.3, -0.25) is 0 Å². The lowest BCUT2D eigenvalue weighted by molar-refractivity contribution is 0.114. The topological polar surface area (TPSA) is 81.4 Å². The number of nitrogens with one attached hydrogen (secondary N) is 1. The van der Waals surface area contributed by atoms with Crippen molar-refractivity contribution in [2.24, 2.45) is 5.92 Å². The molecule has 1 rings (SSSR count). The standard InChI is InChI=1S/C14H24N2O3S/c1-10(2)9-19-6-5-16-20(17,18)14-11(3)7-13(15)8-12(14)4/h7-8,10,16H,5-6,9,15H2,1-4H3. The van der Waals surface area contributed by atoms with E-state index in [-0.39, 0.29) is 6.54 Å². The molecule has 6 heteroatoms. The van der Waals surface area contributed by atoms with E-state index in [9.17, 15) is 8.42 Å². The zero-order valence-electron chi connectivity index (χ0n) is 12.6. The highest BCUT2D eigenvalue weighted by molar-refractivity contribution is 7.89. The Hall–Kier alpha value is -1.11. The number of benzene rings is 1. The Balaban J connectivity index is 2.70. The molecule has 0 aliphatic heterocycles. The van der Waals surface area contributed by atoms with E-state index in [1.165, 1.54) is 0 Å². The Bertz CT molecular complexity index is 531. The van der Waals surface area contributed by atoms with Crippen LogP contribution in [-0.2, 0) is 14.8 Å². The van der Waals surface area contributed by atoms with Gasteiger partial charge in [-0.15, -0.1) is 0 Å². The summed E-state index contributed by atoms with van der Waals surface area (Å²) in [5, 5.41) is 0. The third-order valence-electron chi connectivity index (χ3n) is 2.74. The molecule has 1 aromatic rings. The maximum Gasteiger partial charge on any atom is 0.241 e. The molecule has 1 aromatic carbocycles. The van der Waals surface area contributed by atoms with Crippen LogP contribution in [0.4, 0.5) is 5.69 Å². The van der Waals surface area contributed by atoms with E-state index < -0.39 is 10.0 Å². The van der Waals surface area contributed by atoms with Crippen molar-refractivity contribution in [1.82, 2.24) is 4.72 Å². The van der Waals surface area contributed by atoms with Gasteiger partial charge in [0.1, 0.15) is 0 Å². The van der Waals surface area contributed by atoms with Gasteiger partial charge in [-0.1, -0.05) is 13.8 Å². The van der Waals surface area contributed by atoms with Crippen LogP contribution < -0.4 is 10.5 Å². The first-order chi connectivity index (χ1) is 9.24. The maximum atomic E-state index is 12.3. The van der Waals surface area contributed by atoms with Gasteiger partial charge in [0.2, 0.25) is 10.0 Å². The summed E-state index contributed by atoms with van der Waals surface area (Å²) in [6, 6.07) is 3.33. The molecule has 0 amide bonds. The normalized spacial score (nSPS) is 12.1. The average Bonchev–Trinajstić information content (AvgIpc) is 2.25. The molecule has 0 atom stereocenters. The predicted octanol–water partition coefficient (Wildman–Crippen LogP) is 1.84. The van der Waals surface area contributed by atoms with Gasteiger partial charge in [0, 0.05) is 18.8 Å². The quantitative estimate of drug-likeness (QED) is 0.594. The van der Waals surface area contributed by atoms with Crippen LogP contribution in [0.3, 0.4) is 0 Å². The second-order valence-corrected chi connectivity index (χ2v) is 7.05. The van der Waals surface area contributed by atoms with Gasteiger partial charge in [0.25, 0.3) is 0 Å². The molecular formula is C14H24N2O3S. The van der Waals surface area contributed by atoms with Crippen molar-refractivity contribution in [3.05, 3.63) is 23.3 Å². The van der Waals surface area contributed by atoms with Crippen LogP contribution in [0, 0.1) is 19.8 Å². The Labute approximate surface area is 121 Å². The fourth-order valence-corrected chi connectivity index (χ4v) is 3.51. The summed E-state index contributed by atoms with van der Waals surface area (Å²) >= 11 is 0. The van der Waals surface area contributed by atoms with Crippen LogP contribution in [0.5, 0.6) is 0 Å². The zero-order valence-corrected chi connectivity index (χ0v) is 13.4. The summed E-state index contributed by atoms with van der Waals surface area (Å²) in [5.74, 6) is 0.438. The Morgan fingerprint density at radius 3 is 2.30 bits per heavy atom. The molecule has 0 heterocycles. The van der Waals surface area contributed by atoms with Crippen molar-refractivity contribution >= 4 is 15.7 Å². The second-order valence-electron chi connectivity index (χ2n) is 5.35. The number of hydrogen-bond acceptors (Lipinski definition) is 4. The number of nitrogen functional groups attached to an aromatic ring is 1. The van der Waals surface area contributed by atoms with Crippen molar-refractivity contribution in [1.29, 1.82) is 0 Å². The first-order valence-corrected chi connectivity index (χ1v) is 8.16. The lowest BCUT2D eigenvalue weighted by Crippen LogP contribution is -2.29. The molecule has 3 N–H and O–H groups in total. The van der Waals surface area contributed by atoms with Crippen LogP contribution in [0.15, 0.2) is 17.0 Å². The fourth-order valence-electron chi connectivity index (χ4n) is 2.05. The highest BCUT2D eigenvalue weighted by Gasteiger charge is 2.19. The van der Waals surface area contributed by atoms with Gasteiger partial charge in [0.05, 0.1) is 11.5 Å². The highest BCUT2D eigenvalue weighted by Crippen LogP contribution is 2.22. The van der Waals surface area contributed by atoms with E-state index in [0.29, 0.717) is 40.8 Å².